The molecule has 37 heavy (non-hydrogen) atoms. The molecule has 1 aliphatic rings. The molecule has 0 atom stereocenters. The van der Waals surface area contributed by atoms with Crippen LogP contribution in [-0.2, 0) is 22.3 Å². The SMILES string of the molecule is C=CC(=O)N1CC(NC(=O)c2c(C)nc(CNc3n[nH]c4cc(Cl)c(C(C)(C)C)cc34)n2C(C)(C)C)C1. The summed E-state index contributed by atoms with van der Waals surface area (Å²) in [5.41, 5.74) is 2.55. The number of nitrogens with zero attached hydrogens (tertiary/aromatic N) is 4. The number of hydrogen-bond donors (Lipinski definition) is 3. The lowest BCUT2D eigenvalue weighted by Gasteiger charge is -2.39. The number of aromatic amines is 1. The van der Waals surface area contributed by atoms with E-state index in [1.54, 1.807) is 4.90 Å². The molecule has 4 rings (SSSR count). The zero-order valence-corrected chi connectivity index (χ0v) is 23.4. The number of nitrogens with one attached hydrogen (secondary N) is 3. The molecule has 0 spiro atoms. The third kappa shape index (κ3) is 5.23. The number of likely N-dealkylation sites (tertiary alicyclic amines) is 1. The van der Waals surface area contributed by atoms with Crippen molar-refractivity contribution in [2.24, 2.45) is 0 Å². The van der Waals surface area contributed by atoms with Gasteiger partial charge in [-0.05, 0) is 56.9 Å². The third-order valence-electron chi connectivity index (χ3n) is 6.58. The third-order valence-corrected chi connectivity index (χ3v) is 6.90. The smallest absolute Gasteiger partial charge is 0.270 e. The van der Waals surface area contributed by atoms with Crippen molar-refractivity contribution in [3.63, 3.8) is 0 Å². The molecule has 2 aromatic heterocycles. The van der Waals surface area contributed by atoms with Crippen molar-refractivity contribution < 1.29 is 9.59 Å². The number of carbonyl (C=O) groups is 2. The summed E-state index contributed by atoms with van der Waals surface area (Å²) in [5.74, 6) is 1.10. The van der Waals surface area contributed by atoms with Crippen LogP contribution >= 0.6 is 11.6 Å². The Labute approximate surface area is 222 Å². The van der Waals surface area contributed by atoms with Crippen LogP contribution in [0.3, 0.4) is 0 Å². The van der Waals surface area contributed by atoms with Gasteiger partial charge >= 0.3 is 0 Å². The highest BCUT2D eigenvalue weighted by Gasteiger charge is 2.34. The van der Waals surface area contributed by atoms with Gasteiger partial charge in [-0.25, -0.2) is 4.98 Å². The molecule has 3 heterocycles. The van der Waals surface area contributed by atoms with Crippen molar-refractivity contribution in [1.29, 1.82) is 0 Å². The van der Waals surface area contributed by atoms with E-state index in [0.29, 0.717) is 41.9 Å². The minimum Gasteiger partial charge on any atom is -0.361 e. The summed E-state index contributed by atoms with van der Waals surface area (Å²) < 4.78 is 1.97. The molecule has 1 fully saturated rings. The minimum absolute atomic E-state index is 0.0973. The summed E-state index contributed by atoms with van der Waals surface area (Å²) in [5, 5.41) is 15.6. The van der Waals surface area contributed by atoms with Crippen LogP contribution in [-0.4, -0.2) is 55.6 Å². The topological polar surface area (TPSA) is 108 Å². The van der Waals surface area contributed by atoms with Crippen LogP contribution in [0, 0.1) is 6.92 Å². The zero-order chi connectivity index (χ0) is 27.3. The Balaban J connectivity index is 1.58. The van der Waals surface area contributed by atoms with Crippen molar-refractivity contribution in [1.82, 2.24) is 30.0 Å². The van der Waals surface area contributed by atoms with Crippen LogP contribution in [0.1, 0.15) is 69.1 Å². The first-order valence-corrected chi connectivity index (χ1v) is 12.8. The lowest BCUT2D eigenvalue weighted by atomic mass is 9.86. The second-order valence-corrected chi connectivity index (χ2v) is 12.0. The normalized spacial score (nSPS) is 14.5. The lowest BCUT2D eigenvalue weighted by molar-refractivity contribution is -0.130. The van der Waals surface area contributed by atoms with Gasteiger partial charge in [0.05, 0.1) is 23.8 Å². The molecule has 1 aromatic carbocycles. The number of fused-ring (bicyclic) bond motifs is 1. The molecule has 0 aliphatic carbocycles. The Bertz CT molecular complexity index is 1370. The van der Waals surface area contributed by atoms with Crippen molar-refractivity contribution in [3.05, 3.63) is 52.6 Å². The monoisotopic (exact) mass is 525 g/mol. The maximum Gasteiger partial charge on any atom is 0.270 e. The number of H-pyrrole nitrogens is 1. The van der Waals surface area contributed by atoms with E-state index in [9.17, 15) is 9.59 Å². The van der Waals surface area contributed by atoms with Crippen LogP contribution in [0.15, 0.2) is 24.8 Å². The first-order chi connectivity index (χ1) is 17.2. The lowest BCUT2D eigenvalue weighted by Crippen LogP contribution is -2.60. The first-order valence-electron chi connectivity index (χ1n) is 12.4. The molecule has 10 heteroatoms. The molecule has 1 aliphatic heterocycles. The molecule has 0 unspecified atom stereocenters. The Morgan fingerprint density at radius 2 is 1.89 bits per heavy atom. The number of anilines is 1. The summed E-state index contributed by atoms with van der Waals surface area (Å²) in [4.78, 5) is 31.5. The van der Waals surface area contributed by atoms with E-state index in [1.165, 1.54) is 6.08 Å². The highest BCUT2D eigenvalue weighted by molar-refractivity contribution is 6.32. The molecule has 1 saturated heterocycles. The molecule has 0 saturated carbocycles. The number of imidazole rings is 1. The first kappa shape index (κ1) is 26.7. The minimum atomic E-state index is -0.393. The van der Waals surface area contributed by atoms with Gasteiger partial charge in [0.2, 0.25) is 5.91 Å². The Hall–Kier alpha value is -3.33. The number of aryl methyl sites for hydroxylation is 1. The molecule has 0 bridgehead atoms. The maximum atomic E-state index is 13.3. The Morgan fingerprint density at radius 1 is 1.22 bits per heavy atom. The van der Waals surface area contributed by atoms with Crippen LogP contribution in [0.4, 0.5) is 5.82 Å². The summed E-state index contributed by atoms with van der Waals surface area (Å²) in [6, 6.07) is 3.88. The molecule has 198 valence electrons. The van der Waals surface area contributed by atoms with Gasteiger partial charge in [0.25, 0.3) is 5.91 Å². The van der Waals surface area contributed by atoms with Gasteiger partial charge in [-0.2, -0.15) is 5.10 Å². The summed E-state index contributed by atoms with van der Waals surface area (Å²) in [6.07, 6.45) is 1.29. The summed E-state index contributed by atoms with van der Waals surface area (Å²) in [6.45, 7) is 19.2. The highest BCUT2D eigenvalue weighted by Crippen LogP contribution is 2.35. The van der Waals surface area contributed by atoms with E-state index in [0.717, 1.165) is 22.3 Å². The Morgan fingerprint density at radius 3 is 2.49 bits per heavy atom. The fraction of sp³-hybridized carbons (Fsp3) is 0.481. The van der Waals surface area contributed by atoms with E-state index in [2.05, 4.69) is 54.2 Å². The summed E-state index contributed by atoms with van der Waals surface area (Å²) in [7, 11) is 0. The average Bonchev–Trinajstić information content (AvgIpc) is 3.32. The quantitative estimate of drug-likeness (QED) is 0.410. The van der Waals surface area contributed by atoms with Gasteiger partial charge in [-0.1, -0.05) is 39.0 Å². The van der Waals surface area contributed by atoms with E-state index < -0.39 is 5.54 Å². The van der Waals surface area contributed by atoms with E-state index in [1.807, 2.05) is 38.3 Å². The number of rotatable bonds is 6. The van der Waals surface area contributed by atoms with Crippen LogP contribution in [0.2, 0.25) is 5.02 Å². The van der Waals surface area contributed by atoms with Crippen LogP contribution in [0.25, 0.3) is 10.9 Å². The number of amides is 2. The Kier molecular flexibility index (Phi) is 6.88. The average molecular weight is 526 g/mol. The second kappa shape index (κ2) is 9.52. The fourth-order valence-corrected chi connectivity index (χ4v) is 5.18. The van der Waals surface area contributed by atoms with Crippen molar-refractivity contribution in [2.45, 2.75) is 72.0 Å². The van der Waals surface area contributed by atoms with Crippen molar-refractivity contribution >= 4 is 40.1 Å². The molecule has 0 radical (unpaired) electrons. The highest BCUT2D eigenvalue weighted by atomic mass is 35.5. The van der Waals surface area contributed by atoms with E-state index >= 15 is 0 Å². The number of benzene rings is 1. The predicted octanol–water partition coefficient (Wildman–Crippen LogP) is 4.51. The number of aromatic nitrogens is 4. The van der Waals surface area contributed by atoms with Gasteiger partial charge < -0.3 is 20.1 Å². The van der Waals surface area contributed by atoms with Gasteiger partial charge in [-0.3, -0.25) is 14.7 Å². The second-order valence-electron chi connectivity index (χ2n) is 11.6. The molecule has 3 aromatic rings. The standard InChI is InChI=1S/C27H36ClN7O2/c1-9-22(36)34-13-16(14-34)31-25(37)23-15(2)30-21(35(23)27(6,7)8)12-29-24-17-10-18(26(3,4)5)19(28)11-20(17)32-33-24/h9-11,16H,1,12-14H2,2-8H3,(H,31,37)(H2,29,32,33). The predicted molar refractivity (Wildman–Crippen MR) is 147 cm³/mol. The number of halogens is 1. The molecular formula is C27H36ClN7O2. The van der Waals surface area contributed by atoms with Gasteiger partial charge in [0.1, 0.15) is 11.5 Å². The largest absolute Gasteiger partial charge is 0.361 e. The van der Waals surface area contributed by atoms with Crippen LogP contribution in [0.5, 0.6) is 0 Å². The van der Waals surface area contributed by atoms with Gasteiger partial charge in [0.15, 0.2) is 5.82 Å². The fourth-order valence-electron chi connectivity index (χ4n) is 4.74. The maximum absolute atomic E-state index is 13.3. The van der Waals surface area contributed by atoms with E-state index in [4.69, 9.17) is 16.6 Å². The van der Waals surface area contributed by atoms with Gasteiger partial charge in [0, 0.05) is 29.0 Å². The molecule has 3 N–H and O–H groups in total. The van der Waals surface area contributed by atoms with E-state index in [-0.39, 0.29) is 23.3 Å². The van der Waals surface area contributed by atoms with Crippen LogP contribution < -0.4 is 10.6 Å². The molecule has 2 amide bonds. The number of carbonyl (C=O) groups excluding carboxylic acids is 2. The summed E-state index contributed by atoms with van der Waals surface area (Å²) >= 11 is 6.53. The molecule has 9 nitrogen and oxygen atoms in total. The zero-order valence-electron chi connectivity index (χ0n) is 22.6. The molecular weight excluding hydrogens is 490 g/mol. The number of hydrogen-bond acceptors (Lipinski definition) is 5. The van der Waals surface area contributed by atoms with Gasteiger partial charge in [-0.15, -0.1) is 0 Å². The van der Waals surface area contributed by atoms with Crippen molar-refractivity contribution in [2.75, 3.05) is 18.4 Å². The van der Waals surface area contributed by atoms with Crippen molar-refractivity contribution in [3.8, 4) is 0 Å².